The monoisotopic (exact) mass is 408 g/mol. The summed E-state index contributed by atoms with van der Waals surface area (Å²) >= 11 is 0. The highest BCUT2D eigenvalue weighted by atomic mass is 19.4. The zero-order chi connectivity index (χ0) is 21.3. The lowest BCUT2D eigenvalue weighted by Crippen LogP contribution is -2.37. The molecule has 10 heteroatoms. The van der Waals surface area contributed by atoms with Crippen LogP contribution in [0.2, 0.25) is 0 Å². The average Bonchev–Trinajstić information content (AvgIpc) is 3.05. The number of hydrogen-bond acceptors (Lipinski definition) is 5. The Morgan fingerprint density at radius 3 is 2.72 bits per heavy atom. The second-order valence-electron chi connectivity index (χ2n) is 6.68. The third-order valence-corrected chi connectivity index (χ3v) is 4.68. The molecule has 0 N–H and O–H groups in total. The van der Waals surface area contributed by atoms with Gasteiger partial charge in [-0.05, 0) is 19.1 Å². The van der Waals surface area contributed by atoms with E-state index in [-0.39, 0.29) is 29.2 Å². The van der Waals surface area contributed by atoms with Crippen LogP contribution in [0.1, 0.15) is 34.1 Å². The van der Waals surface area contributed by atoms with Crippen molar-refractivity contribution < 1.29 is 27.4 Å². The van der Waals surface area contributed by atoms with Crippen molar-refractivity contribution in [2.24, 2.45) is 7.05 Å². The Labute approximate surface area is 165 Å². The van der Waals surface area contributed by atoms with Gasteiger partial charge in [0.15, 0.2) is 11.9 Å². The van der Waals surface area contributed by atoms with E-state index in [1.807, 2.05) is 6.07 Å². The fourth-order valence-corrected chi connectivity index (χ4v) is 3.21. The molecular formula is C19H19F3N4O3. The quantitative estimate of drug-likeness (QED) is 0.777. The van der Waals surface area contributed by atoms with Crippen LogP contribution >= 0.6 is 0 Å². The summed E-state index contributed by atoms with van der Waals surface area (Å²) in [4.78, 5) is 14.7. The van der Waals surface area contributed by atoms with E-state index in [0.717, 1.165) is 18.2 Å². The number of rotatable bonds is 4. The number of halogens is 3. The number of fused-ring (bicyclic) bond motifs is 1. The molecule has 29 heavy (non-hydrogen) atoms. The molecule has 1 unspecified atom stereocenters. The zero-order valence-corrected chi connectivity index (χ0v) is 16.1. The first kappa shape index (κ1) is 20.5. The normalized spacial score (nSPS) is 14.7. The van der Waals surface area contributed by atoms with Crippen LogP contribution in [0.15, 0.2) is 18.3 Å². The van der Waals surface area contributed by atoms with E-state index in [1.165, 1.54) is 24.1 Å². The Hall–Kier alpha value is -3.22. The molecule has 0 fully saturated rings. The minimum atomic E-state index is -4.61. The van der Waals surface area contributed by atoms with Crippen LogP contribution in [0, 0.1) is 11.3 Å². The smallest absolute Gasteiger partial charge is 0.425 e. The number of nitrogens with zero attached hydrogens (tertiary/aromatic N) is 4. The molecule has 0 radical (unpaired) electrons. The van der Waals surface area contributed by atoms with Gasteiger partial charge in [-0.25, -0.2) is 0 Å². The molecule has 0 spiro atoms. The molecule has 7 nitrogen and oxygen atoms in total. The van der Waals surface area contributed by atoms with Crippen LogP contribution in [0.25, 0.3) is 0 Å². The Balaban J connectivity index is 2.01. The lowest BCUT2D eigenvalue weighted by Gasteiger charge is -2.28. The number of aromatic nitrogens is 2. The van der Waals surface area contributed by atoms with Gasteiger partial charge in [0.25, 0.3) is 5.91 Å². The molecule has 2 aromatic rings. The van der Waals surface area contributed by atoms with Crippen LogP contribution in [0.4, 0.5) is 13.2 Å². The van der Waals surface area contributed by atoms with Gasteiger partial charge in [0.2, 0.25) is 0 Å². The molecule has 1 aliphatic rings. The Kier molecular flexibility index (Phi) is 5.42. The first-order valence-electron chi connectivity index (χ1n) is 8.80. The van der Waals surface area contributed by atoms with Gasteiger partial charge in [-0.2, -0.15) is 23.5 Å². The van der Waals surface area contributed by atoms with Crippen molar-refractivity contribution >= 4 is 5.91 Å². The number of hydrogen-bond donors (Lipinski definition) is 0. The predicted octanol–water partition coefficient (Wildman–Crippen LogP) is 2.83. The summed E-state index contributed by atoms with van der Waals surface area (Å²) < 4.78 is 50.9. The van der Waals surface area contributed by atoms with Crippen LogP contribution in [0.5, 0.6) is 11.5 Å². The van der Waals surface area contributed by atoms with Gasteiger partial charge in [-0.15, -0.1) is 0 Å². The van der Waals surface area contributed by atoms with Crippen LogP contribution in [-0.4, -0.2) is 46.5 Å². The molecule has 1 aliphatic heterocycles. The minimum Gasteiger partial charge on any atom is -0.494 e. The van der Waals surface area contributed by atoms with Crippen molar-refractivity contribution in [2.75, 3.05) is 13.7 Å². The minimum absolute atomic E-state index is 0.0296. The highest BCUT2D eigenvalue weighted by molar-refractivity contribution is 6.00. The Morgan fingerprint density at radius 2 is 2.10 bits per heavy atom. The second kappa shape index (κ2) is 7.66. The number of ether oxygens (including phenoxy) is 2. The zero-order valence-electron chi connectivity index (χ0n) is 16.1. The first-order valence-corrected chi connectivity index (χ1v) is 8.80. The standard InChI is InChI=1S/C19H19F3N4O3/c1-11(19(20,21)22)29-15-5-4-12(8-23)17(28-3)16(15)18(27)26-7-6-14-13(10-26)9-25(2)24-14/h4-5,9,11H,6-7,10H2,1-3H3. The summed E-state index contributed by atoms with van der Waals surface area (Å²) in [6.07, 6.45) is -4.45. The summed E-state index contributed by atoms with van der Waals surface area (Å²) in [5.74, 6) is -0.966. The van der Waals surface area contributed by atoms with Gasteiger partial charge in [0.1, 0.15) is 17.4 Å². The van der Waals surface area contributed by atoms with E-state index in [2.05, 4.69) is 5.10 Å². The van der Waals surface area contributed by atoms with E-state index in [9.17, 15) is 23.2 Å². The van der Waals surface area contributed by atoms with Gasteiger partial charge < -0.3 is 14.4 Å². The molecule has 1 aromatic heterocycles. The molecule has 154 valence electrons. The number of alkyl halides is 3. The predicted molar refractivity (Wildman–Crippen MR) is 95.5 cm³/mol. The fourth-order valence-electron chi connectivity index (χ4n) is 3.21. The number of methoxy groups -OCH3 is 1. The van der Waals surface area contributed by atoms with Crippen molar-refractivity contribution in [2.45, 2.75) is 32.2 Å². The molecule has 3 rings (SSSR count). The Morgan fingerprint density at radius 1 is 1.38 bits per heavy atom. The van der Waals surface area contributed by atoms with E-state index in [1.54, 1.807) is 17.9 Å². The van der Waals surface area contributed by atoms with Crippen molar-refractivity contribution in [3.05, 3.63) is 40.7 Å². The Bertz CT molecular complexity index is 978. The van der Waals surface area contributed by atoms with Crippen molar-refractivity contribution in [3.8, 4) is 17.6 Å². The van der Waals surface area contributed by atoms with Gasteiger partial charge in [0.05, 0.1) is 18.4 Å². The molecule has 1 amide bonds. The molecular weight excluding hydrogens is 389 g/mol. The number of nitriles is 1. The maximum Gasteiger partial charge on any atom is 0.425 e. The molecule has 0 saturated heterocycles. The molecule has 0 aliphatic carbocycles. The van der Waals surface area contributed by atoms with E-state index < -0.39 is 18.2 Å². The van der Waals surface area contributed by atoms with Crippen LogP contribution < -0.4 is 9.47 Å². The van der Waals surface area contributed by atoms with Crippen LogP contribution in [0.3, 0.4) is 0 Å². The fraction of sp³-hybridized carbons (Fsp3) is 0.421. The third-order valence-electron chi connectivity index (χ3n) is 4.68. The van der Waals surface area contributed by atoms with Crippen molar-refractivity contribution in [1.29, 1.82) is 5.26 Å². The largest absolute Gasteiger partial charge is 0.494 e. The first-order chi connectivity index (χ1) is 13.7. The number of aryl methyl sites for hydroxylation is 1. The SMILES string of the molecule is COc1c(C#N)ccc(OC(C)C(F)(F)F)c1C(=O)N1CCc2nn(C)cc2C1. The maximum atomic E-state index is 13.3. The molecule has 0 bridgehead atoms. The van der Waals surface area contributed by atoms with Crippen molar-refractivity contribution in [1.82, 2.24) is 14.7 Å². The van der Waals surface area contributed by atoms with Crippen molar-refractivity contribution in [3.63, 3.8) is 0 Å². The average molecular weight is 408 g/mol. The summed E-state index contributed by atoms with van der Waals surface area (Å²) in [5.41, 5.74) is 1.56. The van der Waals surface area contributed by atoms with Gasteiger partial charge in [-0.3, -0.25) is 9.48 Å². The topological polar surface area (TPSA) is 80.4 Å². The summed E-state index contributed by atoms with van der Waals surface area (Å²) in [6, 6.07) is 4.35. The third kappa shape index (κ3) is 3.99. The van der Waals surface area contributed by atoms with E-state index >= 15 is 0 Å². The molecule has 1 aromatic carbocycles. The van der Waals surface area contributed by atoms with E-state index in [0.29, 0.717) is 13.0 Å². The van der Waals surface area contributed by atoms with Gasteiger partial charge in [-0.1, -0.05) is 0 Å². The second-order valence-corrected chi connectivity index (χ2v) is 6.68. The summed E-state index contributed by atoms with van der Waals surface area (Å²) in [7, 11) is 3.02. The summed E-state index contributed by atoms with van der Waals surface area (Å²) in [6.45, 7) is 1.43. The van der Waals surface area contributed by atoms with Gasteiger partial charge in [0, 0.05) is 38.3 Å². The highest BCUT2D eigenvalue weighted by Gasteiger charge is 2.39. The molecule has 0 saturated carbocycles. The maximum absolute atomic E-state index is 13.3. The lowest BCUT2D eigenvalue weighted by atomic mass is 10.0. The number of carbonyl (C=O) groups excluding carboxylic acids is 1. The number of amides is 1. The number of carbonyl (C=O) groups is 1. The molecule has 2 heterocycles. The number of benzene rings is 1. The van der Waals surface area contributed by atoms with Crippen LogP contribution in [-0.2, 0) is 20.0 Å². The molecule has 1 atom stereocenters. The van der Waals surface area contributed by atoms with E-state index in [4.69, 9.17) is 9.47 Å². The highest BCUT2D eigenvalue weighted by Crippen LogP contribution is 2.36. The van der Waals surface area contributed by atoms with Gasteiger partial charge >= 0.3 is 6.18 Å². The summed E-state index contributed by atoms with van der Waals surface area (Å²) in [5, 5.41) is 13.6. The lowest BCUT2D eigenvalue weighted by molar-refractivity contribution is -0.189.